The third-order valence-corrected chi connectivity index (χ3v) is 3.27. The number of hydrogen-bond donors (Lipinski definition) is 2. The highest BCUT2D eigenvalue weighted by Gasteiger charge is 2.14. The summed E-state index contributed by atoms with van der Waals surface area (Å²) in [6, 6.07) is 7.96. The molecule has 0 saturated carbocycles. The maximum atomic E-state index is 6.09. The van der Waals surface area contributed by atoms with Gasteiger partial charge in [-0.1, -0.05) is 20.8 Å². The highest BCUT2D eigenvalue weighted by Crippen LogP contribution is 2.23. The Labute approximate surface area is 120 Å². The van der Waals surface area contributed by atoms with Crippen LogP contribution in [0, 0.1) is 5.92 Å². The molecule has 4 heteroatoms. The highest BCUT2D eigenvalue weighted by atomic mass is 16.5. The molecule has 0 spiro atoms. The minimum absolute atomic E-state index is 0.0593. The summed E-state index contributed by atoms with van der Waals surface area (Å²) >= 11 is 0. The van der Waals surface area contributed by atoms with Gasteiger partial charge in [-0.2, -0.15) is 0 Å². The SMILES string of the molecule is CCCOc1ccc(-c2cnc(C(N)C(C)C)[nH]2)cc1. The second-order valence-electron chi connectivity index (χ2n) is 5.32. The van der Waals surface area contributed by atoms with Crippen LogP contribution in [-0.2, 0) is 0 Å². The second-order valence-corrected chi connectivity index (χ2v) is 5.32. The zero-order valence-electron chi connectivity index (χ0n) is 12.4. The number of ether oxygens (including phenoxy) is 1. The molecular weight excluding hydrogens is 250 g/mol. The van der Waals surface area contributed by atoms with E-state index in [1.54, 1.807) is 0 Å². The lowest BCUT2D eigenvalue weighted by Crippen LogP contribution is -2.18. The van der Waals surface area contributed by atoms with Crippen LogP contribution in [0.1, 0.15) is 39.1 Å². The van der Waals surface area contributed by atoms with Crippen LogP contribution in [0.25, 0.3) is 11.3 Å². The van der Waals surface area contributed by atoms with E-state index in [4.69, 9.17) is 10.5 Å². The molecule has 108 valence electrons. The number of benzene rings is 1. The van der Waals surface area contributed by atoms with E-state index in [-0.39, 0.29) is 6.04 Å². The molecule has 0 fully saturated rings. The first kappa shape index (κ1) is 14.6. The van der Waals surface area contributed by atoms with Crippen molar-refractivity contribution in [2.45, 2.75) is 33.2 Å². The molecule has 2 aromatic rings. The van der Waals surface area contributed by atoms with Crippen molar-refractivity contribution in [3.8, 4) is 17.0 Å². The summed E-state index contributed by atoms with van der Waals surface area (Å²) in [4.78, 5) is 7.67. The van der Waals surface area contributed by atoms with Crippen LogP contribution in [0.5, 0.6) is 5.75 Å². The van der Waals surface area contributed by atoms with E-state index in [1.807, 2.05) is 30.5 Å². The minimum atomic E-state index is -0.0593. The number of imidazole rings is 1. The van der Waals surface area contributed by atoms with Gasteiger partial charge in [0.15, 0.2) is 0 Å². The highest BCUT2D eigenvalue weighted by molar-refractivity contribution is 5.59. The predicted octanol–water partition coefficient (Wildman–Crippen LogP) is 3.52. The van der Waals surface area contributed by atoms with Gasteiger partial charge in [0.25, 0.3) is 0 Å². The molecule has 1 unspecified atom stereocenters. The molecule has 2 rings (SSSR count). The van der Waals surface area contributed by atoms with Crippen molar-refractivity contribution in [2.24, 2.45) is 11.7 Å². The maximum absolute atomic E-state index is 6.09. The summed E-state index contributed by atoms with van der Waals surface area (Å²) in [5.41, 5.74) is 8.17. The molecule has 20 heavy (non-hydrogen) atoms. The zero-order valence-corrected chi connectivity index (χ0v) is 12.4. The largest absolute Gasteiger partial charge is 0.494 e. The lowest BCUT2D eigenvalue weighted by atomic mass is 10.1. The van der Waals surface area contributed by atoms with Gasteiger partial charge in [0.05, 0.1) is 24.5 Å². The lowest BCUT2D eigenvalue weighted by Gasteiger charge is -2.12. The third-order valence-electron chi connectivity index (χ3n) is 3.27. The summed E-state index contributed by atoms with van der Waals surface area (Å²) in [7, 11) is 0. The Balaban J connectivity index is 2.12. The lowest BCUT2D eigenvalue weighted by molar-refractivity contribution is 0.317. The molecule has 1 aromatic carbocycles. The molecule has 0 aliphatic heterocycles. The Kier molecular flexibility index (Phi) is 4.79. The Morgan fingerprint density at radius 1 is 1.25 bits per heavy atom. The molecule has 1 heterocycles. The van der Waals surface area contributed by atoms with Crippen molar-refractivity contribution in [1.82, 2.24) is 9.97 Å². The average Bonchev–Trinajstić information content (AvgIpc) is 2.94. The van der Waals surface area contributed by atoms with E-state index in [0.29, 0.717) is 5.92 Å². The monoisotopic (exact) mass is 273 g/mol. The van der Waals surface area contributed by atoms with Crippen molar-refractivity contribution >= 4 is 0 Å². The predicted molar refractivity (Wildman–Crippen MR) is 81.6 cm³/mol. The van der Waals surface area contributed by atoms with Gasteiger partial charge >= 0.3 is 0 Å². The van der Waals surface area contributed by atoms with Gasteiger partial charge in [-0.05, 0) is 42.2 Å². The van der Waals surface area contributed by atoms with Crippen molar-refractivity contribution in [1.29, 1.82) is 0 Å². The van der Waals surface area contributed by atoms with Crippen molar-refractivity contribution in [3.05, 3.63) is 36.3 Å². The third kappa shape index (κ3) is 3.39. The summed E-state index contributed by atoms with van der Waals surface area (Å²) in [6.45, 7) is 7.02. The fourth-order valence-electron chi connectivity index (χ4n) is 1.92. The maximum Gasteiger partial charge on any atom is 0.123 e. The van der Waals surface area contributed by atoms with E-state index in [0.717, 1.165) is 35.9 Å². The van der Waals surface area contributed by atoms with Gasteiger partial charge in [-0.15, -0.1) is 0 Å². The van der Waals surface area contributed by atoms with Crippen LogP contribution < -0.4 is 10.5 Å². The summed E-state index contributed by atoms with van der Waals surface area (Å²) < 4.78 is 5.58. The van der Waals surface area contributed by atoms with E-state index < -0.39 is 0 Å². The van der Waals surface area contributed by atoms with Gasteiger partial charge in [-0.3, -0.25) is 0 Å². The van der Waals surface area contributed by atoms with E-state index in [2.05, 4.69) is 30.7 Å². The first-order chi connectivity index (χ1) is 9.61. The Hall–Kier alpha value is -1.81. The van der Waals surface area contributed by atoms with Crippen LogP contribution in [0.4, 0.5) is 0 Å². The fraction of sp³-hybridized carbons (Fsp3) is 0.438. The van der Waals surface area contributed by atoms with Crippen LogP contribution in [0.15, 0.2) is 30.5 Å². The van der Waals surface area contributed by atoms with Crippen LogP contribution in [-0.4, -0.2) is 16.6 Å². The molecule has 0 aliphatic rings. The van der Waals surface area contributed by atoms with Crippen LogP contribution >= 0.6 is 0 Å². The van der Waals surface area contributed by atoms with Crippen LogP contribution in [0.2, 0.25) is 0 Å². The molecule has 4 nitrogen and oxygen atoms in total. The van der Waals surface area contributed by atoms with Gasteiger partial charge in [0, 0.05) is 0 Å². The van der Waals surface area contributed by atoms with Gasteiger partial charge in [-0.25, -0.2) is 4.98 Å². The Morgan fingerprint density at radius 3 is 2.55 bits per heavy atom. The molecule has 1 atom stereocenters. The van der Waals surface area contributed by atoms with Gasteiger partial charge in [0.2, 0.25) is 0 Å². The van der Waals surface area contributed by atoms with Gasteiger partial charge < -0.3 is 15.5 Å². The first-order valence-electron chi connectivity index (χ1n) is 7.15. The molecule has 3 N–H and O–H groups in total. The van der Waals surface area contributed by atoms with Crippen molar-refractivity contribution in [2.75, 3.05) is 6.61 Å². The molecule has 0 bridgehead atoms. The average molecular weight is 273 g/mol. The summed E-state index contributed by atoms with van der Waals surface area (Å²) in [5, 5.41) is 0. The van der Waals surface area contributed by atoms with Crippen molar-refractivity contribution < 1.29 is 4.74 Å². The quantitative estimate of drug-likeness (QED) is 0.846. The smallest absolute Gasteiger partial charge is 0.123 e. The number of aromatic nitrogens is 2. The van der Waals surface area contributed by atoms with Crippen LogP contribution in [0.3, 0.4) is 0 Å². The Bertz CT molecular complexity index is 531. The standard InChI is InChI=1S/C16H23N3O/c1-4-9-20-13-7-5-12(6-8-13)14-10-18-16(19-14)15(17)11(2)3/h5-8,10-11,15H,4,9,17H2,1-3H3,(H,18,19). The summed E-state index contributed by atoms with van der Waals surface area (Å²) in [5.74, 6) is 2.09. The molecule has 1 aromatic heterocycles. The number of hydrogen-bond acceptors (Lipinski definition) is 3. The number of H-pyrrole nitrogens is 1. The number of nitrogens with two attached hydrogens (primary N) is 1. The number of nitrogens with one attached hydrogen (secondary N) is 1. The second kappa shape index (κ2) is 6.57. The first-order valence-corrected chi connectivity index (χ1v) is 7.15. The molecule has 0 radical (unpaired) electrons. The number of nitrogens with zero attached hydrogens (tertiary/aromatic N) is 1. The van der Waals surface area contributed by atoms with Gasteiger partial charge in [0.1, 0.15) is 11.6 Å². The molecule has 0 saturated heterocycles. The zero-order chi connectivity index (χ0) is 14.5. The minimum Gasteiger partial charge on any atom is -0.494 e. The van der Waals surface area contributed by atoms with E-state index >= 15 is 0 Å². The fourth-order valence-corrected chi connectivity index (χ4v) is 1.92. The molecular formula is C16H23N3O. The topological polar surface area (TPSA) is 63.9 Å². The van der Waals surface area contributed by atoms with E-state index in [1.165, 1.54) is 0 Å². The Morgan fingerprint density at radius 2 is 1.95 bits per heavy atom. The van der Waals surface area contributed by atoms with E-state index in [9.17, 15) is 0 Å². The number of rotatable bonds is 6. The molecule has 0 amide bonds. The molecule has 0 aliphatic carbocycles. The normalized spacial score (nSPS) is 12.7. The van der Waals surface area contributed by atoms with Crippen molar-refractivity contribution in [3.63, 3.8) is 0 Å². The number of aromatic amines is 1. The summed E-state index contributed by atoms with van der Waals surface area (Å²) in [6.07, 6.45) is 2.85.